The Bertz CT molecular complexity index is 272. The van der Waals surface area contributed by atoms with Crippen molar-refractivity contribution in [2.45, 2.75) is 26.2 Å². The molecular formula is C13H22N2O. The number of ether oxygens (including phenoxy) is 1. The number of hydrogen-bond donors (Lipinski definition) is 1. The van der Waals surface area contributed by atoms with Crippen LogP contribution in [0.4, 0.5) is 0 Å². The lowest BCUT2D eigenvalue weighted by Gasteiger charge is -2.04. The second-order valence-corrected chi connectivity index (χ2v) is 3.86. The predicted octanol–water partition coefficient (Wildman–Crippen LogP) is 1.81. The van der Waals surface area contributed by atoms with Gasteiger partial charge in [-0.05, 0) is 37.4 Å². The smallest absolute Gasteiger partial charge is 0.0587 e. The van der Waals surface area contributed by atoms with E-state index in [4.69, 9.17) is 4.74 Å². The van der Waals surface area contributed by atoms with Crippen LogP contribution in [-0.4, -0.2) is 31.8 Å². The number of aromatic nitrogens is 1. The number of nitrogens with one attached hydrogen (secondary N) is 1. The zero-order valence-corrected chi connectivity index (χ0v) is 10.3. The Morgan fingerprint density at radius 2 is 2.19 bits per heavy atom. The number of methoxy groups -OCH3 is 1. The van der Waals surface area contributed by atoms with Gasteiger partial charge in [-0.3, -0.25) is 4.98 Å². The Morgan fingerprint density at radius 1 is 1.31 bits per heavy atom. The average molecular weight is 222 g/mol. The third kappa shape index (κ3) is 5.24. The van der Waals surface area contributed by atoms with Crippen molar-refractivity contribution in [3.05, 3.63) is 29.6 Å². The standard InChI is InChI=1S/C13H22N2O/c1-3-12-6-7-13(15-11-12)5-4-8-14-9-10-16-2/h6-7,11,14H,3-5,8-10H2,1-2H3. The maximum absolute atomic E-state index is 4.96. The number of aryl methyl sites for hydroxylation is 2. The first-order valence-corrected chi connectivity index (χ1v) is 6.00. The van der Waals surface area contributed by atoms with E-state index in [0.717, 1.165) is 39.0 Å². The average Bonchev–Trinajstić information content (AvgIpc) is 2.34. The van der Waals surface area contributed by atoms with Crippen LogP contribution >= 0.6 is 0 Å². The van der Waals surface area contributed by atoms with Gasteiger partial charge in [0, 0.05) is 25.5 Å². The van der Waals surface area contributed by atoms with Gasteiger partial charge in [0.2, 0.25) is 0 Å². The first-order valence-electron chi connectivity index (χ1n) is 6.00. The maximum atomic E-state index is 4.96. The van der Waals surface area contributed by atoms with Crippen molar-refractivity contribution in [1.82, 2.24) is 10.3 Å². The predicted molar refractivity (Wildman–Crippen MR) is 66.7 cm³/mol. The molecule has 1 aromatic rings. The highest BCUT2D eigenvalue weighted by molar-refractivity contribution is 5.13. The molecule has 0 aliphatic rings. The monoisotopic (exact) mass is 222 g/mol. The molecule has 0 saturated carbocycles. The summed E-state index contributed by atoms with van der Waals surface area (Å²) in [6, 6.07) is 4.30. The quantitative estimate of drug-likeness (QED) is 0.681. The van der Waals surface area contributed by atoms with Gasteiger partial charge in [-0.1, -0.05) is 13.0 Å². The van der Waals surface area contributed by atoms with Crippen LogP contribution in [-0.2, 0) is 17.6 Å². The molecular weight excluding hydrogens is 200 g/mol. The van der Waals surface area contributed by atoms with E-state index >= 15 is 0 Å². The summed E-state index contributed by atoms with van der Waals surface area (Å²) in [5.74, 6) is 0. The van der Waals surface area contributed by atoms with E-state index in [-0.39, 0.29) is 0 Å². The molecule has 1 rings (SSSR count). The Balaban J connectivity index is 2.12. The van der Waals surface area contributed by atoms with Crippen LogP contribution in [0, 0.1) is 0 Å². The molecule has 0 aliphatic carbocycles. The Morgan fingerprint density at radius 3 is 2.81 bits per heavy atom. The second kappa shape index (κ2) is 8.25. The van der Waals surface area contributed by atoms with Gasteiger partial charge in [-0.25, -0.2) is 0 Å². The van der Waals surface area contributed by atoms with Crippen LogP contribution in [0.3, 0.4) is 0 Å². The fourth-order valence-corrected chi connectivity index (χ4v) is 1.51. The number of pyridine rings is 1. The van der Waals surface area contributed by atoms with Crippen molar-refractivity contribution in [3.63, 3.8) is 0 Å². The summed E-state index contributed by atoms with van der Waals surface area (Å²) in [5, 5.41) is 3.33. The molecule has 0 spiro atoms. The highest BCUT2D eigenvalue weighted by atomic mass is 16.5. The zero-order valence-electron chi connectivity index (χ0n) is 10.3. The lowest BCUT2D eigenvalue weighted by Crippen LogP contribution is -2.20. The summed E-state index contributed by atoms with van der Waals surface area (Å²) in [6.45, 7) is 4.89. The van der Waals surface area contributed by atoms with Gasteiger partial charge < -0.3 is 10.1 Å². The highest BCUT2D eigenvalue weighted by Gasteiger charge is 1.95. The molecule has 0 aliphatic heterocycles. The minimum Gasteiger partial charge on any atom is -0.383 e. The summed E-state index contributed by atoms with van der Waals surface area (Å²) >= 11 is 0. The maximum Gasteiger partial charge on any atom is 0.0587 e. The normalized spacial score (nSPS) is 10.6. The van der Waals surface area contributed by atoms with Crippen LogP contribution in [0.5, 0.6) is 0 Å². The molecule has 16 heavy (non-hydrogen) atoms. The summed E-state index contributed by atoms with van der Waals surface area (Å²) in [5.41, 5.74) is 2.49. The molecule has 3 nitrogen and oxygen atoms in total. The molecule has 1 N–H and O–H groups in total. The van der Waals surface area contributed by atoms with E-state index in [1.807, 2.05) is 6.20 Å². The highest BCUT2D eigenvalue weighted by Crippen LogP contribution is 2.02. The van der Waals surface area contributed by atoms with Crippen LogP contribution in [0.15, 0.2) is 18.3 Å². The molecule has 90 valence electrons. The van der Waals surface area contributed by atoms with Gasteiger partial charge in [0.25, 0.3) is 0 Å². The van der Waals surface area contributed by atoms with E-state index in [1.54, 1.807) is 7.11 Å². The van der Waals surface area contributed by atoms with Crippen LogP contribution in [0.2, 0.25) is 0 Å². The van der Waals surface area contributed by atoms with Gasteiger partial charge in [0.05, 0.1) is 6.61 Å². The largest absolute Gasteiger partial charge is 0.383 e. The van der Waals surface area contributed by atoms with E-state index in [1.165, 1.54) is 11.3 Å². The van der Waals surface area contributed by atoms with Gasteiger partial charge in [0.1, 0.15) is 0 Å². The van der Waals surface area contributed by atoms with E-state index < -0.39 is 0 Å². The van der Waals surface area contributed by atoms with Crippen molar-refractivity contribution < 1.29 is 4.74 Å². The van der Waals surface area contributed by atoms with Crippen molar-refractivity contribution in [3.8, 4) is 0 Å². The third-order valence-electron chi connectivity index (χ3n) is 2.56. The first kappa shape index (κ1) is 13.1. The molecule has 0 atom stereocenters. The van der Waals surface area contributed by atoms with Crippen molar-refractivity contribution in [2.24, 2.45) is 0 Å². The molecule has 3 heteroatoms. The van der Waals surface area contributed by atoms with Gasteiger partial charge in [0.15, 0.2) is 0 Å². The summed E-state index contributed by atoms with van der Waals surface area (Å²) in [6.07, 6.45) is 5.21. The summed E-state index contributed by atoms with van der Waals surface area (Å²) in [7, 11) is 1.72. The fourth-order valence-electron chi connectivity index (χ4n) is 1.51. The van der Waals surface area contributed by atoms with Gasteiger partial charge in [-0.15, -0.1) is 0 Å². The van der Waals surface area contributed by atoms with Crippen molar-refractivity contribution in [1.29, 1.82) is 0 Å². The molecule has 0 fully saturated rings. The van der Waals surface area contributed by atoms with E-state index in [2.05, 4.69) is 29.4 Å². The molecule has 0 saturated heterocycles. The summed E-state index contributed by atoms with van der Waals surface area (Å²) in [4.78, 5) is 4.43. The lowest BCUT2D eigenvalue weighted by atomic mass is 10.1. The molecule has 0 aromatic carbocycles. The first-order chi connectivity index (χ1) is 7.86. The second-order valence-electron chi connectivity index (χ2n) is 3.86. The Kier molecular flexibility index (Phi) is 6.77. The minimum absolute atomic E-state index is 0.781. The Labute approximate surface area is 98.2 Å². The van der Waals surface area contributed by atoms with E-state index in [9.17, 15) is 0 Å². The van der Waals surface area contributed by atoms with Crippen LogP contribution in [0.25, 0.3) is 0 Å². The van der Waals surface area contributed by atoms with Crippen molar-refractivity contribution in [2.75, 3.05) is 26.8 Å². The molecule has 1 heterocycles. The zero-order chi connectivity index (χ0) is 11.6. The molecule has 0 amide bonds. The molecule has 0 radical (unpaired) electrons. The third-order valence-corrected chi connectivity index (χ3v) is 2.56. The van der Waals surface area contributed by atoms with Crippen molar-refractivity contribution >= 4 is 0 Å². The van der Waals surface area contributed by atoms with Gasteiger partial charge in [-0.2, -0.15) is 0 Å². The number of nitrogens with zero attached hydrogens (tertiary/aromatic N) is 1. The Hall–Kier alpha value is -0.930. The lowest BCUT2D eigenvalue weighted by molar-refractivity contribution is 0.199. The SMILES string of the molecule is CCc1ccc(CCCNCCOC)nc1. The van der Waals surface area contributed by atoms with Crippen LogP contribution in [0.1, 0.15) is 24.6 Å². The van der Waals surface area contributed by atoms with E-state index in [0.29, 0.717) is 0 Å². The number of hydrogen-bond acceptors (Lipinski definition) is 3. The molecule has 1 aromatic heterocycles. The topological polar surface area (TPSA) is 34.1 Å². The number of rotatable bonds is 8. The molecule has 0 bridgehead atoms. The van der Waals surface area contributed by atoms with Crippen LogP contribution < -0.4 is 5.32 Å². The molecule has 0 unspecified atom stereocenters. The fraction of sp³-hybridized carbons (Fsp3) is 0.615. The summed E-state index contributed by atoms with van der Waals surface area (Å²) < 4.78 is 4.96. The van der Waals surface area contributed by atoms with Gasteiger partial charge >= 0.3 is 0 Å². The minimum atomic E-state index is 0.781.